The zero-order valence-electron chi connectivity index (χ0n) is 14.4. The van der Waals surface area contributed by atoms with Gasteiger partial charge in [0.2, 0.25) is 0 Å². The quantitative estimate of drug-likeness (QED) is 0.944. The topological polar surface area (TPSA) is 59.8 Å². The summed E-state index contributed by atoms with van der Waals surface area (Å²) >= 11 is 0. The Morgan fingerprint density at radius 2 is 2.04 bits per heavy atom. The number of aromatic nitrogens is 3. The molecule has 5 nitrogen and oxygen atoms in total. The average Bonchev–Trinajstić information content (AvgIpc) is 3.20. The fourth-order valence-corrected chi connectivity index (χ4v) is 3.87. The number of hydrogen-bond donors (Lipinski definition) is 1. The SMILES string of the molecule is CC(C)c1nnc2n1CC(NC(=O)c1ccc3c(c1)CCC3)CC2. The summed E-state index contributed by atoms with van der Waals surface area (Å²) in [5.41, 5.74) is 3.53. The molecule has 4 rings (SSSR count). The molecule has 2 aliphatic rings. The van der Waals surface area contributed by atoms with Crippen LogP contribution in [0.25, 0.3) is 0 Å². The van der Waals surface area contributed by atoms with Gasteiger partial charge in [-0.05, 0) is 48.9 Å². The first-order chi connectivity index (χ1) is 11.6. The molecule has 1 amide bonds. The second-order valence-corrected chi connectivity index (χ2v) is 7.29. The van der Waals surface area contributed by atoms with E-state index in [1.54, 1.807) is 0 Å². The molecule has 24 heavy (non-hydrogen) atoms. The van der Waals surface area contributed by atoms with E-state index in [9.17, 15) is 4.79 Å². The molecule has 0 radical (unpaired) electrons. The van der Waals surface area contributed by atoms with Crippen LogP contribution in [0.2, 0.25) is 0 Å². The zero-order chi connectivity index (χ0) is 16.7. The van der Waals surface area contributed by atoms with Crippen molar-refractivity contribution in [3.8, 4) is 0 Å². The minimum Gasteiger partial charge on any atom is -0.347 e. The van der Waals surface area contributed by atoms with Gasteiger partial charge in [-0.1, -0.05) is 19.9 Å². The molecule has 0 saturated heterocycles. The van der Waals surface area contributed by atoms with Crippen LogP contribution in [0.15, 0.2) is 18.2 Å². The van der Waals surface area contributed by atoms with E-state index >= 15 is 0 Å². The lowest BCUT2D eigenvalue weighted by molar-refractivity contribution is 0.0927. The highest BCUT2D eigenvalue weighted by atomic mass is 16.1. The number of amides is 1. The van der Waals surface area contributed by atoms with Crippen LogP contribution in [0.3, 0.4) is 0 Å². The lowest BCUT2D eigenvalue weighted by Crippen LogP contribution is -2.41. The maximum absolute atomic E-state index is 12.6. The number of aryl methyl sites for hydroxylation is 3. The zero-order valence-corrected chi connectivity index (χ0v) is 14.4. The van der Waals surface area contributed by atoms with Crippen molar-refractivity contribution in [1.29, 1.82) is 0 Å². The van der Waals surface area contributed by atoms with Gasteiger partial charge < -0.3 is 9.88 Å². The van der Waals surface area contributed by atoms with Crippen LogP contribution < -0.4 is 5.32 Å². The summed E-state index contributed by atoms with van der Waals surface area (Å²) in [6, 6.07) is 6.30. The van der Waals surface area contributed by atoms with Gasteiger partial charge in [-0.2, -0.15) is 0 Å². The Hall–Kier alpha value is -2.17. The lowest BCUT2D eigenvalue weighted by atomic mass is 10.0. The first-order valence-electron chi connectivity index (χ1n) is 8.96. The average molecular weight is 324 g/mol. The number of carbonyl (C=O) groups is 1. The Morgan fingerprint density at radius 1 is 1.21 bits per heavy atom. The smallest absolute Gasteiger partial charge is 0.251 e. The molecule has 0 saturated carbocycles. The van der Waals surface area contributed by atoms with E-state index in [4.69, 9.17) is 0 Å². The minimum atomic E-state index is 0.0392. The van der Waals surface area contributed by atoms with Crippen molar-refractivity contribution in [2.24, 2.45) is 0 Å². The molecule has 2 heterocycles. The van der Waals surface area contributed by atoms with Crippen LogP contribution in [-0.4, -0.2) is 26.7 Å². The third kappa shape index (κ3) is 2.72. The van der Waals surface area contributed by atoms with Crippen molar-refractivity contribution in [1.82, 2.24) is 20.1 Å². The molecule has 0 bridgehead atoms. The maximum atomic E-state index is 12.6. The molecule has 1 aromatic carbocycles. The summed E-state index contributed by atoms with van der Waals surface area (Å²) < 4.78 is 2.18. The van der Waals surface area contributed by atoms with Gasteiger partial charge in [0, 0.05) is 30.5 Å². The van der Waals surface area contributed by atoms with Crippen LogP contribution in [0, 0.1) is 0 Å². The molecule has 0 spiro atoms. The summed E-state index contributed by atoms with van der Waals surface area (Å²) in [5, 5.41) is 11.8. The molecule has 1 atom stereocenters. The van der Waals surface area contributed by atoms with Gasteiger partial charge >= 0.3 is 0 Å². The molecule has 1 aromatic heterocycles. The van der Waals surface area contributed by atoms with Crippen molar-refractivity contribution >= 4 is 5.91 Å². The first-order valence-corrected chi connectivity index (χ1v) is 8.96. The fourth-order valence-electron chi connectivity index (χ4n) is 3.87. The molecule has 126 valence electrons. The van der Waals surface area contributed by atoms with E-state index in [0.717, 1.165) is 49.4 Å². The highest BCUT2D eigenvalue weighted by molar-refractivity contribution is 5.94. The molecular weight excluding hydrogens is 300 g/mol. The summed E-state index contributed by atoms with van der Waals surface area (Å²) in [6.07, 6.45) is 5.25. The first kappa shape index (κ1) is 15.4. The number of nitrogens with zero attached hydrogens (tertiary/aromatic N) is 3. The van der Waals surface area contributed by atoms with E-state index in [2.05, 4.69) is 46.1 Å². The normalized spacial score (nSPS) is 19.2. The largest absolute Gasteiger partial charge is 0.347 e. The van der Waals surface area contributed by atoms with Gasteiger partial charge in [-0.15, -0.1) is 10.2 Å². The number of hydrogen-bond acceptors (Lipinski definition) is 3. The third-order valence-corrected chi connectivity index (χ3v) is 5.19. The molecule has 1 aliphatic heterocycles. The van der Waals surface area contributed by atoms with Gasteiger partial charge in [-0.25, -0.2) is 0 Å². The summed E-state index contributed by atoms with van der Waals surface area (Å²) in [6.45, 7) is 5.03. The number of rotatable bonds is 3. The predicted molar refractivity (Wildman–Crippen MR) is 92.2 cm³/mol. The second-order valence-electron chi connectivity index (χ2n) is 7.29. The second kappa shape index (κ2) is 6.04. The maximum Gasteiger partial charge on any atom is 0.251 e. The summed E-state index contributed by atoms with van der Waals surface area (Å²) in [7, 11) is 0. The highest BCUT2D eigenvalue weighted by Gasteiger charge is 2.25. The van der Waals surface area contributed by atoms with Crippen molar-refractivity contribution < 1.29 is 4.79 Å². The van der Waals surface area contributed by atoms with Crippen molar-refractivity contribution in [2.75, 3.05) is 0 Å². The number of fused-ring (bicyclic) bond motifs is 2. The van der Waals surface area contributed by atoms with Crippen LogP contribution >= 0.6 is 0 Å². The van der Waals surface area contributed by atoms with Gasteiger partial charge in [0.25, 0.3) is 5.91 Å². The van der Waals surface area contributed by atoms with Gasteiger partial charge in [0.05, 0.1) is 0 Å². The molecule has 2 aromatic rings. The highest BCUT2D eigenvalue weighted by Crippen LogP contribution is 2.23. The Labute approximate surface area is 142 Å². The number of benzene rings is 1. The molecular formula is C19H24N4O. The van der Waals surface area contributed by atoms with Crippen LogP contribution in [-0.2, 0) is 25.8 Å². The van der Waals surface area contributed by atoms with Gasteiger partial charge in [0.15, 0.2) is 0 Å². The molecule has 1 unspecified atom stereocenters. The standard InChI is InChI=1S/C19H24N4O/c1-12(2)18-22-21-17-9-8-16(11-23(17)18)20-19(24)15-7-6-13-4-3-5-14(13)10-15/h6-7,10,12,16H,3-5,8-9,11H2,1-2H3,(H,20,24). The Balaban J connectivity index is 1.48. The predicted octanol–water partition coefficient (Wildman–Crippen LogP) is 2.64. The Bertz CT molecular complexity index is 778. The van der Waals surface area contributed by atoms with Crippen LogP contribution in [0.5, 0.6) is 0 Å². The lowest BCUT2D eigenvalue weighted by Gasteiger charge is -2.26. The molecule has 0 fully saturated rings. The van der Waals surface area contributed by atoms with E-state index in [0.29, 0.717) is 5.92 Å². The third-order valence-electron chi connectivity index (χ3n) is 5.19. The summed E-state index contributed by atoms with van der Waals surface area (Å²) in [5.74, 6) is 2.44. The minimum absolute atomic E-state index is 0.0392. The van der Waals surface area contributed by atoms with Crippen molar-refractivity contribution in [2.45, 2.75) is 64.5 Å². The van der Waals surface area contributed by atoms with Gasteiger partial charge in [-0.3, -0.25) is 4.79 Å². The van der Waals surface area contributed by atoms with Crippen molar-refractivity contribution in [3.63, 3.8) is 0 Å². The van der Waals surface area contributed by atoms with Gasteiger partial charge in [0.1, 0.15) is 11.6 Å². The molecule has 5 heteroatoms. The molecule has 1 aliphatic carbocycles. The van der Waals surface area contributed by atoms with E-state index in [-0.39, 0.29) is 11.9 Å². The number of carbonyl (C=O) groups excluding carboxylic acids is 1. The van der Waals surface area contributed by atoms with E-state index in [1.165, 1.54) is 17.5 Å². The monoisotopic (exact) mass is 324 g/mol. The van der Waals surface area contributed by atoms with E-state index < -0.39 is 0 Å². The fraction of sp³-hybridized carbons (Fsp3) is 0.526. The van der Waals surface area contributed by atoms with Crippen LogP contribution in [0.1, 0.15) is 65.7 Å². The molecule has 1 N–H and O–H groups in total. The number of nitrogens with one attached hydrogen (secondary N) is 1. The van der Waals surface area contributed by atoms with Crippen molar-refractivity contribution in [3.05, 3.63) is 46.5 Å². The van der Waals surface area contributed by atoms with Crippen LogP contribution in [0.4, 0.5) is 0 Å². The Kier molecular flexibility index (Phi) is 3.87. The Morgan fingerprint density at radius 3 is 2.88 bits per heavy atom. The van der Waals surface area contributed by atoms with E-state index in [1.807, 2.05) is 6.07 Å². The summed E-state index contributed by atoms with van der Waals surface area (Å²) in [4.78, 5) is 12.6.